The lowest BCUT2D eigenvalue weighted by Crippen LogP contribution is -2.32. The molecule has 0 bridgehead atoms. The lowest BCUT2D eigenvalue weighted by molar-refractivity contribution is 0.417. The molecule has 2 heterocycles. The first-order valence-corrected chi connectivity index (χ1v) is 9.52. The van der Waals surface area contributed by atoms with Gasteiger partial charge in [0.2, 0.25) is 0 Å². The number of fused-ring (bicyclic) bond motifs is 4. The van der Waals surface area contributed by atoms with Crippen molar-refractivity contribution in [2.24, 2.45) is 7.05 Å². The van der Waals surface area contributed by atoms with Crippen molar-refractivity contribution in [1.82, 2.24) is 14.5 Å². The molecule has 144 valence electrons. The van der Waals surface area contributed by atoms with Gasteiger partial charge in [-0.2, -0.15) is 5.26 Å². The van der Waals surface area contributed by atoms with Crippen LogP contribution in [0.25, 0.3) is 21.8 Å². The summed E-state index contributed by atoms with van der Waals surface area (Å²) < 4.78 is 21.8. The maximum absolute atomic E-state index is 14.2. The molecule has 0 saturated heterocycles. The lowest BCUT2D eigenvalue weighted by Gasteiger charge is -2.32. The summed E-state index contributed by atoms with van der Waals surface area (Å²) in [4.78, 5) is 8.53. The molecule has 6 heteroatoms. The highest BCUT2D eigenvalue weighted by molar-refractivity contribution is 6.12. The first kappa shape index (κ1) is 17.6. The van der Waals surface area contributed by atoms with Crippen molar-refractivity contribution in [2.75, 3.05) is 7.11 Å². The number of halogens is 1. The molecule has 0 saturated carbocycles. The number of rotatable bonds is 2. The number of aromatic nitrogens is 3. The van der Waals surface area contributed by atoms with E-state index in [4.69, 9.17) is 4.74 Å². The quantitative estimate of drug-likeness (QED) is 0.517. The van der Waals surface area contributed by atoms with Gasteiger partial charge in [-0.1, -0.05) is 6.07 Å². The van der Waals surface area contributed by atoms with Gasteiger partial charge in [-0.15, -0.1) is 0 Å². The Balaban J connectivity index is 1.86. The third-order valence-electron chi connectivity index (χ3n) is 6.18. The van der Waals surface area contributed by atoms with Crippen LogP contribution in [-0.4, -0.2) is 21.6 Å². The zero-order chi connectivity index (χ0) is 20.2. The number of ether oxygens (including phenoxy) is 1. The molecule has 2 aromatic carbocycles. The van der Waals surface area contributed by atoms with E-state index >= 15 is 0 Å². The molecule has 0 spiro atoms. The molecular weight excluding hydrogens is 367 g/mol. The lowest BCUT2D eigenvalue weighted by atomic mass is 9.68. The van der Waals surface area contributed by atoms with Crippen LogP contribution >= 0.6 is 0 Å². The number of nitriles is 1. The Morgan fingerprint density at radius 3 is 2.93 bits per heavy atom. The molecule has 1 atom stereocenters. The Bertz CT molecular complexity index is 1320. The van der Waals surface area contributed by atoms with Gasteiger partial charge < -0.3 is 9.30 Å². The molecule has 5 rings (SSSR count). The summed E-state index contributed by atoms with van der Waals surface area (Å²) >= 11 is 0. The molecule has 1 aliphatic carbocycles. The van der Waals surface area contributed by atoms with Gasteiger partial charge in [0.15, 0.2) is 0 Å². The van der Waals surface area contributed by atoms with E-state index in [9.17, 15) is 9.65 Å². The monoisotopic (exact) mass is 386 g/mol. The molecule has 0 N–H and O–H groups in total. The number of hydrogen-bond acceptors (Lipinski definition) is 4. The second kappa shape index (κ2) is 6.28. The number of benzene rings is 2. The number of hydrogen-bond donors (Lipinski definition) is 0. The summed E-state index contributed by atoms with van der Waals surface area (Å²) in [5.74, 6) is 0.405. The average Bonchev–Trinajstić information content (AvgIpc) is 3.05. The molecule has 1 unspecified atom stereocenters. The van der Waals surface area contributed by atoms with Crippen LogP contribution in [0.3, 0.4) is 0 Å². The van der Waals surface area contributed by atoms with Crippen molar-refractivity contribution in [3.8, 4) is 11.8 Å². The SMILES string of the molecule is COc1ccc(C2(C#N)CCc3ncncc3C2)c2c3cc(F)ccc3n(C)c12. The average molecular weight is 386 g/mol. The minimum absolute atomic E-state index is 0.299. The molecule has 1 aliphatic rings. The Hall–Kier alpha value is -3.46. The third-order valence-corrected chi connectivity index (χ3v) is 6.18. The highest BCUT2D eigenvalue weighted by Crippen LogP contribution is 2.45. The summed E-state index contributed by atoms with van der Waals surface area (Å²) in [6.07, 6.45) is 5.25. The number of nitrogens with zero attached hydrogens (tertiary/aromatic N) is 4. The van der Waals surface area contributed by atoms with Crippen molar-refractivity contribution < 1.29 is 9.13 Å². The van der Waals surface area contributed by atoms with E-state index in [2.05, 4.69) is 16.0 Å². The van der Waals surface area contributed by atoms with Crippen LogP contribution in [-0.2, 0) is 25.3 Å². The third kappa shape index (κ3) is 2.44. The minimum Gasteiger partial charge on any atom is -0.495 e. The summed E-state index contributed by atoms with van der Waals surface area (Å²) in [5.41, 5.74) is 3.94. The van der Waals surface area contributed by atoms with Gasteiger partial charge in [0, 0.05) is 35.2 Å². The van der Waals surface area contributed by atoms with E-state index in [0.717, 1.165) is 38.6 Å². The maximum atomic E-state index is 14.2. The summed E-state index contributed by atoms with van der Waals surface area (Å²) in [7, 11) is 3.57. The van der Waals surface area contributed by atoms with Crippen molar-refractivity contribution in [1.29, 1.82) is 5.26 Å². The topological polar surface area (TPSA) is 63.7 Å². The highest BCUT2D eigenvalue weighted by Gasteiger charge is 2.39. The van der Waals surface area contributed by atoms with Gasteiger partial charge in [0.25, 0.3) is 0 Å². The van der Waals surface area contributed by atoms with E-state index in [1.54, 1.807) is 31.8 Å². The van der Waals surface area contributed by atoms with Crippen LogP contribution in [0.15, 0.2) is 42.9 Å². The molecule has 0 radical (unpaired) electrons. The fourth-order valence-electron chi connectivity index (χ4n) is 4.75. The smallest absolute Gasteiger partial charge is 0.143 e. The second-order valence-corrected chi connectivity index (χ2v) is 7.62. The molecule has 0 fully saturated rings. The van der Waals surface area contributed by atoms with Crippen LogP contribution < -0.4 is 4.74 Å². The van der Waals surface area contributed by atoms with Crippen molar-refractivity contribution in [3.05, 3.63) is 65.5 Å². The molecule has 0 aliphatic heterocycles. The van der Waals surface area contributed by atoms with Gasteiger partial charge in [-0.3, -0.25) is 0 Å². The molecule has 0 amide bonds. The number of methoxy groups -OCH3 is 1. The Morgan fingerprint density at radius 1 is 1.28 bits per heavy atom. The van der Waals surface area contributed by atoms with Crippen molar-refractivity contribution in [3.63, 3.8) is 0 Å². The zero-order valence-electron chi connectivity index (χ0n) is 16.2. The highest BCUT2D eigenvalue weighted by atomic mass is 19.1. The van der Waals surface area contributed by atoms with Gasteiger partial charge in [0.05, 0.1) is 24.1 Å². The molecular formula is C23H19FN4O. The van der Waals surface area contributed by atoms with E-state index in [-0.39, 0.29) is 5.82 Å². The second-order valence-electron chi connectivity index (χ2n) is 7.62. The van der Waals surface area contributed by atoms with Crippen LogP contribution in [0.2, 0.25) is 0 Å². The van der Waals surface area contributed by atoms with Crippen LogP contribution in [0.4, 0.5) is 4.39 Å². The minimum atomic E-state index is -0.733. The Kier molecular flexibility index (Phi) is 3.82. The predicted molar refractivity (Wildman–Crippen MR) is 108 cm³/mol. The standard InChI is InChI=1S/C23H19FN4O/c1-28-19-5-3-15(24)9-16(19)21-17(4-6-20(29-2)22(21)28)23(12-25)8-7-18-14(10-23)11-26-13-27-18/h3-6,9,11,13H,7-8,10H2,1-2H3. The van der Waals surface area contributed by atoms with Crippen LogP contribution in [0.1, 0.15) is 23.2 Å². The fourth-order valence-corrected chi connectivity index (χ4v) is 4.75. The summed E-state index contributed by atoms with van der Waals surface area (Å²) in [6, 6.07) is 11.2. The van der Waals surface area contributed by atoms with E-state index in [0.29, 0.717) is 25.0 Å². The van der Waals surface area contributed by atoms with Crippen LogP contribution in [0.5, 0.6) is 5.75 Å². The van der Waals surface area contributed by atoms with Gasteiger partial charge in [-0.05, 0) is 54.7 Å². The van der Waals surface area contributed by atoms with Crippen LogP contribution in [0, 0.1) is 17.1 Å². The Morgan fingerprint density at radius 2 is 2.14 bits per heavy atom. The van der Waals surface area contributed by atoms with E-state index in [1.807, 2.05) is 23.7 Å². The predicted octanol–water partition coefficient (Wildman–Crippen LogP) is 4.22. The van der Waals surface area contributed by atoms with Gasteiger partial charge in [0.1, 0.15) is 17.9 Å². The van der Waals surface area contributed by atoms with E-state index < -0.39 is 5.41 Å². The summed E-state index contributed by atoms with van der Waals surface area (Å²) in [6.45, 7) is 0. The first-order valence-electron chi connectivity index (χ1n) is 9.52. The largest absolute Gasteiger partial charge is 0.495 e. The molecule has 5 nitrogen and oxygen atoms in total. The normalized spacial score (nSPS) is 18.6. The fraction of sp³-hybridized carbons (Fsp3) is 0.261. The van der Waals surface area contributed by atoms with Gasteiger partial charge in [-0.25, -0.2) is 14.4 Å². The number of aryl methyl sites for hydroxylation is 2. The zero-order valence-corrected chi connectivity index (χ0v) is 16.2. The molecule has 29 heavy (non-hydrogen) atoms. The summed E-state index contributed by atoms with van der Waals surface area (Å²) in [5, 5.41) is 12.0. The first-order chi connectivity index (χ1) is 14.1. The molecule has 2 aromatic heterocycles. The molecule has 4 aromatic rings. The Labute approximate surface area is 167 Å². The van der Waals surface area contributed by atoms with E-state index in [1.165, 1.54) is 6.07 Å². The van der Waals surface area contributed by atoms with Crippen molar-refractivity contribution >= 4 is 21.8 Å². The van der Waals surface area contributed by atoms with Crippen molar-refractivity contribution in [2.45, 2.75) is 24.7 Å². The maximum Gasteiger partial charge on any atom is 0.143 e. The van der Waals surface area contributed by atoms with Gasteiger partial charge >= 0.3 is 0 Å².